The number of alkyl halides is 3. The summed E-state index contributed by atoms with van der Waals surface area (Å²) in [6.45, 7) is 1.55. The second-order valence-electron chi connectivity index (χ2n) is 3.31. The smallest absolute Gasteiger partial charge is 0.324 e. The van der Waals surface area contributed by atoms with E-state index in [1.54, 1.807) is 6.92 Å². The van der Waals surface area contributed by atoms with E-state index in [1.807, 2.05) is 0 Å². The maximum absolute atomic E-state index is 12.2. The molecule has 0 aliphatic heterocycles. The van der Waals surface area contributed by atoms with Gasteiger partial charge in [-0.15, -0.1) is 0 Å². The second kappa shape index (κ2) is 4.06. The van der Waals surface area contributed by atoms with Crippen molar-refractivity contribution in [1.29, 1.82) is 0 Å². The highest BCUT2D eigenvalue weighted by atomic mass is 32.2. The molecule has 1 atom stereocenters. The van der Waals surface area contributed by atoms with Gasteiger partial charge in [-0.3, -0.25) is 0 Å². The topological polar surface area (TPSA) is 60.2 Å². The fraction of sp³-hybridized carbons (Fsp3) is 0.333. The van der Waals surface area contributed by atoms with Gasteiger partial charge in [-0.05, 0) is 24.6 Å². The predicted octanol–water partition coefficient (Wildman–Crippen LogP) is 2.00. The molecule has 0 aliphatic rings. The van der Waals surface area contributed by atoms with Gasteiger partial charge in [-0.1, -0.05) is 12.1 Å². The maximum Gasteiger partial charge on any atom is 0.501 e. The molecule has 0 aromatic heterocycles. The highest BCUT2D eigenvalue weighted by Gasteiger charge is 2.46. The molecule has 0 saturated carbocycles. The number of halogens is 3. The molecule has 0 saturated heterocycles. The van der Waals surface area contributed by atoms with E-state index in [4.69, 9.17) is 5.73 Å². The third-order valence-corrected chi connectivity index (χ3v) is 3.48. The summed E-state index contributed by atoms with van der Waals surface area (Å²) in [5.41, 5.74) is 0.509. The standard InChI is InChI=1S/C9H10F3NO2S/c1-6(13)7-3-2-4-8(5-7)16(14,15)9(10,11)12/h2-6H,13H2,1H3/t6-/m1/s1. The molecule has 7 heteroatoms. The number of rotatable bonds is 2. The Morgan fingerprint density at radius 3 is 2.31 bits per heavy atom. The Bertz CT molecular complexity index is 480. The first-order valence-corrected chi connectivity index (χ1v) is 5.81. The first-order chi connectivity index (χ1) is 7.16. The lowest BCUT2D eigenvalue weighted by atomic mass is 10.1. The molecule has 0 fully saturated rings. The molecule has 0 unspecified atom stereocenters. The molecule has 0 radical (unpaired) electrons. The Labute approximate surface area is 91.0 Å². The molecule has 1 rings (SSSR count). The molecule has 2 N–H and O–H groups in total. The average molecular weight is 253 g/mol. The minimum atomic E-state index is -5.29. The fourth-order valence-corrected chi connectivity index (χ4v) is 1.91. The van der Waals surface area contributed by atoms with Crippen LogP contribution in [0.1, 0.15) is 18.5 Å². The number of benzene rings is 1. The number of sulfone groups is 1. The average Bonchev–Trinajstić information content (AvgIpc) is 2.16. The summed E-state index contributed by atoms with van der Waals surface area (Å²) in [6.07, 6.45) is 0. The molecule has 0 aliphatic carbocycles. The van der Waals surface area contributed by atoms with Gasteiger partial charge in [-0.25, -0.2) is 8.42 Å². The van der Waals surface area contributed by atoms with Gasteiger partial charge in [0.2, 0.25) is 0 Å². The quantitative estimate of drug-likeness (QED) is 0.876. The number of nitrogens with two attached hydrogens (primary N) is 1. The largest absolute Gasteiger partial charge is 0.501 e. The summed E-state index contributed by atoms with van der Waals surface area (Å²) in [5, 5.41) is 0. The van der Waals surface area contributed by atoms with Gasteiger partial charge in [0.1, 0.15) is 0 Å². The molecule has 3 nitrogen and oxygen atoms in total. The zero-order valence-corrected chi connectivity index (χ0v) is 9.14. The first-order valence-electron chi connectivity index (χ1n) is 4.33. The normalized spacial score (nSPS) is 14.8. The van der Waals surface area contributed by atoms with Gasteiger partial charge in [0, 0.05) is 6.04 Å². The van der Waals surface area contributed by atoms with E-state index in [0.29, 0.717) is 5.56 Å². The van der Waals surface area contributed by atoms with Crippen LogP contribution in [0.15, 0.2) is 29.2 Å². The van der Waals surface area contributed by atoms with Crippen LogP contribution in [0.5, 0.6) is 0 Å². The van der Waals surface area contributed by atoms with Crippen LogP contribution in [0.25, 0.3) is 0 Å². The highest BCUT2D eigenvalue weighted by molar-refractivity contribution is 7.92. The summed E-state index contributed by atoms with van der Waals surface area (Å²) in [4.78, 5) is -0.783. The summed E-state index contributed by atoms with van der Waals surface area (Å²) in [6, 6.07) is 4.02. The lowest BCUT2D eigenvalue weighted by Gasteiger charge is -2.10. The highest BCUT2D eigenvalue weighted by Crippen LogP contribution is 2.30. The summed E-state index contributed by atoms with van der Waals surface area (Å²) >= 11 is 0. The van der Waals surface area contributed by atoms with Crippen LogP contribution in [-0.2, 0) is 9.84 Å². The second-order valence-corrected chi connectivity index (χ2v) is 5.25. The van der Waals surface area contributed by atoms with E-state index >= 15 is 0 Å². The van der Waals surface area contributed by atoms with E-state index < -0.39 is 26.3 Å². The van der Waals surface area contributed by atoms with Crippen molar-refractivity contribution >= 4 is 9.84 Å². The van der Waals surface area contributed by atoms with Crippen molar-refractivity contribution in [3.63, 3.8) is 0 Å². The molecule has 1 aromatic carbocycles. The van der Waals surface area contributed by atoms with Gasteiger partial charge < -0.3 is 5.73 Å². The molecule has 16 heavy (non-hydrogen) atoms. The summed E-state index contributed by atoms with van der Waals surface area (Å²) in [7, 11) is -5.29. The molecule has 0 spiro atoms. The van der Waals surface area contributed by atoms with Crippen LogP contribution in [-0.4, -0.2) is 13.9 Å². The minimum absolute atomic E-state index is 0.338. The van der Waals surface area contributed by atoms with Gasteiger partial charge in [-0.2, -0.15) is 13.2 Å². The lowest BCUT2D eigenvalue weighted by molar-refractivity contribution is -0.0436. The molecule has 0 bridgehead atoms. The summed E-state index contributed by atoms with van der Waals surface area (Å²) < 4.78 is 58.8. The van der Waals surface area contributed by atoms with Crippen molar-refractivity contribution in [3.8, 4) is 0 Å². The van der Waals surface area contributed by atoms with Gasteiger partial charge in [0.25, 0.3) is 9.84 Å². The molecule has 0 amide bonds. The Morgan fingerprint density at radius 2 is 1.88 bits per heavy atom. The first kappa shape index (κ1) is 13.0. The van der Waals surface area contributed by atoms with E-state index in [0.717, 1.165) is 12.1 Å². The lowest BCUT2D eigenvalue weighted by Crippen LogP contribution is -2.23. The van der Waals surface area contributed by atoms with Gasteiger partial charge >= 0.3 is 5.51 Å². The van der Waals surface area contributed by atoms with Crippen molar-refractivity contribution in [3.05, 3.63) is 29.8 Å². The van der Waals surface area contributed by atoms with Crippen molar-refractivity contribution in [2.75, 3.05) is 0 Å². The Kier molecular flexibility index (Phi) is 3.30. The Balaban J connectivity index is 3.31. The van der Waals surface area contributed by atoms with Crippen molar-refractivity contribution in [1.82, 2.24) is 0 Å². The molecular formula is C9H10F3NO2S. The van der Waals surface area contributed by atoms with Crippen LogP contribution < -0.4 is 5.73 Å². The van der Waals surface area contributed by atoms with E-state index in [1.165, 1.54) is 12.1 Å². The van der Waals surface area contributed by atoms with Crippen molar-refractivity contribution in [2.24, 2.45) is 5.73 Å². The van der Waals surface area contributed by atoms with Crippen LogP contribution in [0, 0.1) is 0 Å². The minimum Gasteiger partial charge on any atom is -0.324 e. The van der Waals surface area contributed by atoms with Crippen LogP contribution >= 0.6 is 0 Å². The predicted molar refractivity (Wildman–Crippen MR) is 52.3 cm³/mol. The van der Waals surface area contributed by atoms with Crippen LogP contribution in [0.3, 0.4) is 0 Å². The maximum atomic E-state index is 12.2. The number of hydrogen-bond acceptors (Lipinski definition) is 3. The van der Waals surface area contributed by atoms with Crippen LogP contribution in [0.4, 0.5) is 13.2 Å². The fourth-order valence-electron chi connectivity index (χ4n) is 1.10. The third-order valence-electron chi connectivity index (χ3n) is 2.00. The zero-order valence-electron chi connectivity index (χ0n) is 8.32. The Morgan fingerprint density at radius 1 is 1.31 bits per heavy atom. The molecule has 0 heterocycles. The zero-order chi connectivity index (χ0) is 12.6. The molecular weight excluding hydrogens is 243 g/mol. The third kappa shape index (κ3) is 2.35. The van der Waals surface area contributed by atoms with E-state index in [2.05, 4.69) is 0 Å². The van der Waals surface area contributed by atoms with Crippen molar-refractivity contribution < 1.29 is 21.6 Å². The van der Waals surface area contributed by atoms with E-state index in [-0.39, 0.29) is 0 Å². The summed E-state index contributed by atoms with van der Waals surface area (Å²) in [5.74, 6) is 0. The van der Waals surface area contributed by atoms with E-state index in [9.17, 15) is 21.6 Å². The van der Waals surface area contributed by atoms with Gasteiger partial charge in [0.15, 0.2) is 0 Å². The molecule has 1 aromatic rings. The Hall–Kier alpha value is -1.08. The monoisotopic (exact) mass is 253 g/mol. The molecule has 90 valence electrons. The van der Waals surface area contributed by atoms with Crippen LogP contribution in [0.2, 0.25) is 0 Å². The number of hydrogen-bond donors (Lipinski definition) is 1. The SMILES string of the molecule is C[C@@H](N)c1cccc(S(=O)(=O)C(F)(F)F)c1. The van der Waals surface area contributed by atoms with Crippen molar-refractivity contribution in [2.45, 2.75) is 23.4 Å². The van der Waals surface area contributed by atoms with Gasteiger partial charge in [0.05, 0.1) is 4.90 Å².